The molecule has 3 aromatic rings. The maximum atomic E-state index is 9.76. The number of aliphatic hydroxyl groups excluding tert-OH is 1. The number of nitrogens with zero attached hydrogens (tertiary/aromatic N) is 3. The van der Waals surface area contributed by atoms with Gasteiger partial charge in [-0.2, -0.15) is 4.37 Å². The van der Waals surface area contributed by atoms with Gasteiger partial charge in [0.1, 0.15) is 12.0 Å². The number of nitrogens with one attached hydrogen (secondary N) is 1. The SMILES string of the molecule is OC1Cc2cc(CCN3CCN(c4nsc5ccccc45)CC3)c(Cl)cc2N1. The van der Waals surface area contributed by atoms with Gasteiger partial charge in [-0.15, -0.1) is 0 Å². The van der Waals surface area contributed by atoms with Gasteiger partial charge in [-0.3, -0.25) is 4.90 Å². The molecule has 5 rings (SSSR count). The normalized spacial score (nSPS) is 19.8. The van der Waals surface area contributed by atoms with Gasteiger partial charge >= 0.3 is 0 Å². The summed E-state index contributed by atoms with van der Waals surface area (Å²) in [5.41, 5.74) is 3.29. The van der Waals surface area contributed by atoms with E-state index in [1.807, 2.05) is 6.07 Å². The van der Waals surface area contributed by atoms with Gasteiger partial charge in [-0.25, -0.2) is 0 Å². The van der Waals surface area contributed by atoms with Crippen molar-refractivity contribution < 1.29 is 5.11 Å². The van der Waals surface area contributed by atoms with E-state index < -0.39 is 6.23 Å². The van der Waals surface area contributed by atoms with Crippen LogP contribution < -0.4 is 10.2 Å². The fraction of sp³-hybridized carbons (Fsp3) is 0.381. The molecule has 5 nitrogen and oxygen atoms in total. The van der Waals surface area contributed by atoms with E-state index in [9.17, 15) is 5.11 Å². The van der Waals surface area contributed by atoms with Crippen LogP contribution in [0.4, 0.5) is 11.5 Å². The van der Waals surface area contributed by atoms with Gasteiger partial charge in [-0.1, -0.05) is 29.8 Å². The summed E-state index contributed by atoms with van der Waals surface area (Å²) in [6.07, 6.45) is 1.10. The topological polar surface area (TPSA) is 51.6 Å². The number of hydrogen-bond donors (Lipinski definition) is 2. The van der Waals surface area contributed by atoms with E-state index in [0.29, 0.717) is 6.42 Å². The van der Waals surface area contributed by atoms with Crippen LogP contribution in [0, 0.1) is 0 Å². The third-order valence-corrected chi connectivity index (χ3v) is 6.90. The third-order valence-electron chi connectivity index (χ3n) is 5.74. The number of fused-ring (bicyclic) bond motifs is 2. The monoisotopic (exact) mass is 414 g/mol. The van der Waals surface area contributed by atoms with Gasteiger partial charge in [0.2, 0.25) is 0 Å². The largest absolute Gasteiger partial charge is 0.373 e. The quantitative estimate of drug-likeness (QED) is 0.683. The van der Waals surface area contributed by atoms with Crippen LogP contribution in [0.5, 0.6) is 0 Å². The predicted octanol–water partition coefficient (Wildman–Crippen LogP) is 3.60. The molecule has 0 amide bonds. The molecule has 28 heavy (non-hydrogen) atoms. The lowest BCUT2D eigenvalue weighted by atomic mass is 10.1. The number of aliphatic hydroxyl groups is 1. The van der Waals surface area contributed by atoms with Gasteiger partial charge in [0, 0.05) is 55.2 Å². The molecule has 0 saturated carbocycles. The van der Waals surface area contributed by atoms with Gasteiger partial charge in [-0.05, 0) is 47.3 Å². The molecule has 1 atom stereocenters. The van der Waals surface area contributed by atoms with E-state index in [-0.39, 0.29) is 0 Å². The fourth-order valence-electron chi connectivity index (χ4n) is 4.17. The molecule has 146 valence electrons. The van der Waals surface area contributed by atoms with Crippen molar-refractivity contribution in [3.05, 3.63) is 52.5 Å². The van der Waals surface area contributed by atoms with Crippen LogP contribution in [0.1, 0.15) is 11.1 Å². The first-order valence-electron chi connectivity index (χ1n) is 9.75. The van der Waals surface area contributed by atoms with Crippen molar-refractivity contribution in [2.45, 2.75) is 19.1 Å². The second kappa shape index (κ2) is 7.52. The smallest absolute Gasteiger partial charge is 0.150 e. The molecular weight excluding hydrogens is 392 g/mol. The highest BCUT2D eigenvalue weighted by Gasteiger charge is 2.22. The van der Waals surface area contributed by atoms with Gasteiger partial charge in [0.05, 0.1) is 4.70 Å². The van der Waals surface area contributed by atoms with E-state index in [1.54, 1.807) is 11.5 Å². The Hall–Kier alpha value is -1.86. The number of aromatic nitrogens is 1. The van der Waals surface area contributed by atoms with Gasteiger partial charge < -0.3 is 15.3 Å². The highest BCUT2D eigenvalue weighted by molar-refractivity contribution is 7.13. The van der Waals surface area contributed by atoms with Crippen molar-refractivity contribution in [3.8, 4) is 0 Å². The average Bonchev–Trinajstić information content (AvgIpc) is 3.29. The molecule has 2 aromatic carbocycles. The third kappa shape index (κ3) is 3.46. The summed E-state index contributed by atoms with van der Waals surface area (Å²) in [5.74, 6) is 1.13. The van der Waals surface area contributed by atoms with Crippen LogP contribution >= 0.6 is 23.1 Å². The van der Waals surface area contributed by atoms with E-state index in [4.69, 9.17) is 16.0 Å². The number of anilines is 2. The lowest BCUT2D eigenvalue weighted by Gasteiger charge is -2.35. The standard InChI is InChI=1S/C21H23ClN4OS/c22-17-13-18-15(12-20(27)23-18)11-14(17)5-6-25-7-9-26(10-8-25)21-16-3-1-2-4-19(16)28-24-21/h1-4,11,13,20,23,27H,5-10,12H2. The second-order valence-corrected chi connectivity index (χ2v) is 8.76. The van der Waals surface area contributed by atoms with E-state index in [2.05, 4.69) is 45.4 Å². The minimum Gasteiger partial charge on any atom is -0.373 e. The van der Waals surface area contributed by atoms with Crippen molar-refractivity contribution in [2.75, 3.05) is 42.9 Å². The Morgan fingerprint density at radius 3 is 2.86 bits per heavy atom. The summed E-state index contributed by atoms with van der Waals surface area (Å²) in [6.45, 7) is 5.08. The van der Waals surface area contributed by atoms with Crippen molar-refractivity contribution >= 4 is 44.7 Å². The first kappa shape index (κ1) is 18.2. The summed E-state index contributed by atoms with van der Waals surface area (Å²) < 4.78 is 5.95. The Kier molecular flexibility index (Phi) is 4.88. The Bertz CT molecular complexity index is 999. The molecule has 0 aliphatic carbocycles. The van der Waals surface area contributed by atoms with E-state index in [0.717, 1.165) is 61.2 Å². The molecule has 2 aliphatic rings. The molecule has 2 aliphatic heterocycles. The Labute approximate surface area is 173 Å². The maximum absolute atomic E-state index is 9.76. The molecule has 1 unspecified atom stereocenters. The zero-order valence-electron chi connectivity index (χ0n) is 15.6. The van der Waals surface area contributed by atoms with E-state index in [1.165, 1.54) is 15.6 Å². The number of benzene rings is 2. The predicted molar refractivity (Wildman–Crippen MR) is 117 cm³/mol. The molecule has 1 fully saturated rings. The molecule has 0 bridgehead atoms. The number of hydrogen-bond acceptors (Lipinski definition) is 6. The molecule has 1 aromatic heterocycles. The Balaban J connectivity index is 1.20. The summed E-state index contributed by atoms with van der Waals surface area (Å²) in [7, 11) is 0. The van der Waals surface area contributed by atoms with Gasteiger partial charge in [0.25, 0.3) is 0 Å². The lowest BCUT2D eigenvalue weighted by molar-refractivity contribution is 0.212. The average molecular weight is 415 g/mol. The van der Waals surface area contributed by atoms with Crippen LogP contribution in [-0.2, 0) is 12.8 Å². The molecule has 2 N–H and O–H groups in total. The Morgan fingerprint density at radius 2 is 2.00 bits per heavy atom. The van der Waals surface area contributed by atoms with Crippen molar-refractivity contribution in [3.63, 3.8) is 0 Å². The van der Waals surface area contributed by atoms with Gasteiger partial charge in [0.15, 0.2) is 0 Å². The zero-order valence-corrected chi connectivity index (χ0v) is 17.1. The summed E-state index contributed by atoms with van der Waals surface area (Å²) in [6, 6.07) is 12.6. The molecule has 3 heterocycles. The summed E-state index contributed by atoms with van der Waals surface area (Å²) >= 11 is 8.05. The zero-order chi connectivity index (χ0) is 19.1. The molecule has 0 spiro atoms. The fourth-order valence-corrected chi connectivity index (χ4v) is 5.22. The molecule has 1 saturated heterocycles. The summed E-state index contributed by atoms with van der Waals surface area (Å²) in [5, 5.41) is 14.9. The maximum Gasteiger partial charge on any atom is 0.150 e. The first-order valence-corrected chi connectivity index (χ1v) is 10.9. The molecule has 0 radical (unpaired) electrons. The minimum atomic E-state index is -0.490. The van der Waals surface area contributed by atoms with Crippen LogP contribution in [0.15, 0.2) is 36.4 Å². The molecule has 7 heteroatoms. The van der Waals surface area contributed by atoms with Crippen LogP contribution in [0.2, 0.25) is 5.02 Å². The van der Waals surface area contributed by atoms with Crippen molar-refractivity contribution in [1.29, 1.82) is 0 Å². The van der Waals surface area contributed by atoms with Crippen molar-refractivity contribution in [1.82, 2.24) is 9.27 Å². The lowest BCUT2D eigenvalue weighted by Crippen LogP contribution is -2.47. The number of rotatable bonds is 4. The van der Waals surface area contributed by atoms with Crippen LogP contribution in [-0.4, -0.2) is 53.3 Å². The summed E-state index contributed by atoms with van der Waals surface area (Å²) in [4.78, 5) is 4.91. The highest BCUT2D eigenvalue weighted by Crippen LogP contribution is 2.32. The van der Waals surface area contributed by atoms with Crippen LogP contribution in [0.3, 0.4) is 0 Å². The Morgan fingerprint density at radius 1 is 1.18 bits per heavy atom. The van der Waals surface area contributed by atoms with Crippen molar-refractivity contribution in [2.24, 2.45) is 0 Å². The first-order chi connectivity index (χ1) is 13.7. The van der Waals surface area contributed by atoms with E-state index >= 15 is 0 Å². The second-order valence-electron chi connectivity index (χ2n) is 7.55. The number of piperazine rings is 1. The van der Waals surface area contributed by atoms with Crippen LogP contribution in [0.25, 0.3) is 10.1 Å². The minimum absolute atomic E-state index is 0.490. The molecular formula is C21H23ClN4OS. The highest BCUT2D eigenvalue weighted by atomic mass is 35.5. The number of halogens is 1.